The molecule has 2 aromatic carbocycles. The molecule has 1 aliphatic heterocycles. The first-order valence-corrected chi connectivity index (χ1v) is 11.5. The molecular weight excluding hydrogens is 372 g/mol. The maximum absolute atomic E-state index is 12.4. The van der Waals surface area contributed by atoms with Crippen LogP contribution in [0.1, 0.15) is 62.3 Å². The molecule has 0 saturated carbocycles. The summed E-state index contributed by atoms with van der Waals surface area (Å²) in [5, 5.41) is 3.06. The highest BCUT2D eigenvalue weighted by molar-refractivity contribution is 5.78. The van der Waals surface area contributed by atoms with Gasteiger partial charge in [0.2, 0.25) is 0 Å². The first-order chi connectivity index (χ1) is 14.6. The Morgan fingerprint density at radius 1 is 1.07 bits per heavy atom. The quantitative estimate of drug-likeness (QED) is 0.729. The van der Waals surface area contributed by atoms with E-state index in [0.717, 1.165) is 43.2 Å². The number of nitrogens with zero attached hydrogens (tertiary/aromatic N) is 1. The van der Waals surface area contributed by atoms with E-state index < -0.39 is 0 Å². The number of nitrogens with one attached hydrogen (secondary N) is 1. The van der Waals surface area contributed by atoms with Gasteiger partial charge in [0.15, 0.2) is 6.61 Å². The molecule has 1 heterocycles. The number of ether oxygens (including phenoxy) is 1. The molecular formula is C26H34N2O2. The maximum Gasteiger partial charge on any atom is 0.258 e. The molecule has 1 amide bonds. The highest BCUT2D eigenvalue weighted by Gasteiger charge is 2.17. The summed E-state index contributed by atoms with van der Waals surface area (Å²) in [4.78, 5) is 14.8. The van der Waals surface area contributed by atoms with Gasteiger partial charge in [0.05, 0.1) is 6.04 Å². The van der Waals surface area contributed by atoms with E-state index in [1.54, 1.807) is 0 Å². The minimum absolute atomic E-state index is 0.0416. The Bertz CT molecular complexity index is 854. The van der Waals surface area contributed by atoms with Crippen LogP contribution in [0.4, 0.5) is 5.69 Å². The maximum atomic E-state index is 12.4. The van der Waals surface area contributed by atoms with E-state index in [4.69, 9.17) is 4.74 Å². The fourth-order valence-electron chi connectivity index (χ4n) is 4.56. The van der Waals surface area contributed by atoms with E-state index in [2.05, 4.69) is 53.5 Å². The van der Waals surface area contributed by atoms with Gasteiger partial charge in [0.1, 0.15) is 5.75 Å². The molecule has 2 aromatic rings. The van der Waals surface area contributed by atoms with E-state index >= 15 is 0 Å². The minimum atomic E-state index is -0.0886. The van der Waals surface area contributed by atoms with Gasteiger partial charge < -0.3 is 15.0 Å². The van der Waals surface area contributed by atoms with Crippen molar-refractivity contribution in [1.29, 1.82) is 0 Å². The van der Waals surface area contributed by atoms with Crippen LogP contribution >= 0.6 is 0 Å². The molecule has 4 heteroatoms. The summed E-state index contributed by atoms with van der Waals surface area (Å²) in [6.07, 6.45) is 7.30. The summed E-state index contributed by atoms with van der Waals surface area (Å²) >= 11 is 0. The van der Waals surface area contributed by atoms with Gasteiger partial charge >= 0.3 is 0 Å². The highest BCUT2D eigenvalue weighted by atomic mass is 16.5. The Labute approximate surface area is 180 Å². The van der Waals surface area contributed by atoms with Crippen LogP contribution in [0.25, 0.3) is 0 Å². The average molecular weight is 407 g/mol. The zero-order valence-electron chi connectivity index (χ0n) is 18.3. The normalized spacial score (nSPS) is 17.9. The summed E-state index contributed by atoms with van der Waals surface area (Å²) in [6, 6.07) is 14.8. The van der Waals surface area contributed by atoms with E-state index in [9.17, 15) is 4.79 Å². The lowest BCUT2D eigenvalue weighted by Crippen LogP contribution is -2.33. The van der Waals surface area contributed by atoms with Crippen LogP contribution in [0.5, 0.6) is 5.75 Å². The van der Waals surface area contributed by atoms with Gasteiger partial charge in [-0.1, -0.05) is 25.1 Å². The van der Waals surface area contributed by atoms with Crippen molar-refractivity contribution in [3.63, 3.8) is 0 Å². The molecule has 1 atom stereocenters. The Balaban J connectivity index is 1.27. The summed E-state index contributed by atoms with van der Waals surface area (Å²) < 4.78 is 5.76. The summed E-state index contributed by atoms with van der Waals surface area (Å²) in [7, 11) is 0. The second kappa shape index (κ2) is 9.55. The second-order valence-corrected chi connectivity index (χ2v) is 8.98. The van der Waals surface area contributed by atoms with Gasteiger partial charge in [-0.25, -0.2) is 0 Å². The van der Waals surface area contributed by atoms with Gasteiger partial charge in [-0.05, 0) is 92.3 Å². The summed E-state index contributed by atoms with van der Waals surface area (Å²) in [5.41, 5.74) is 5.19. The molecule has 4 nitrogen and oxygen atoms in total. The lowest BCUT2D eigenvalue weighted by atomic mass is 9.92. The van der Waals surface area contributed by atoms with Crippen LogP contribution in [0, 0.1) is 5.92 Å². The van der Waals surface area contributed by atoms with E-state index in [-0.39, 0.29) is 18.6 Å². The average Bonchev–Trinajstić information content (AvgIpc) is 2.78. The molecule has 1 saturated heterocycles. The van der Waals surface area contributed by atoms with Crippen molar-refractivity contribution < 1.29 is 9.53 Å². The monoisotopic (exact) mass is 406 g/mol. The number of amides is 1. The molecule has 30 heavy (non-hydrogen) atoms. The van der Waals surface area contributed by atoms with Gasteiger partial charge in [0.25, 0.3) is 5.91 Å². The third kappa shape index (κ3) is 5.16. The van der Waals surface area contributed by atoms with Crippen molar-refractivity contribution >= 4 is 11.6 Å². The second-order valence-electron chi connectivity index (χ2n) is 8.98. The number of benzene rings is 2. The first-order valence-electron chi connectivity index (χ1n) is 11.5. The van der Waals surface area contributed by atoms with Crippen molar-refractivity contribution in [2.75, 3.05) is 24.6 Å². The van der Waals surface area contributed by atoms with Gasteiger partial charge in [0, 0.05) is 18.8 Å². The fourth-order valence-corrected chi connectivity index (χ4v) is 4.56. The molecule has 0 spiro atoms. The third-order valence-electron chi connectivity index (χ3n) is 6.61. The lowest BCUT2D eigenvalue weighted by molar-refractivity contribution is -0.123. The highest BCUT2D eigenvalue weighted by Crippen LogP contribution is 2.26. The lowest BCUT2D eigenvalue weighted by Gasteiger charge is -2.32. The summed E-state index contributed by atoms with van der Waals surface area (Å²) in [5.74, 6) is 1.53. The van der Waals surface area contributed by atoms with Crippen LogP contribution in [0.3, 0.4) is 0 Å². The molecule has 1 N–H and O–H groups in total. The number of aryl methyl sites for hydroxylation is 2. The standard InChI is InChI=1S/C26H34N2O2/c1-19-13-15-28(16-14-19)24-10-7-21(8-11-24)20(2)27-26(29)18-30-25-12-9-22-5-3-4-6-23(22)17-25/h7-12,17,19-20H,3-6,13-16,18H2,1-2H3,(H,27,29)/t20-/m0/s1. The zero-order valence-corrected chi connectivity index (χ0v) is 18.3. The van der Waals surface area contributed by atoms with Gasteiger partial charge in [-0.3, -0.25) is 4.79 Å². The number of hydrogen-bond acceptors (Lipinski definition) is 3. The number of carbonyl (C=O) groups is 1. The van der Waals surface area contributed by atoms with Crippen molar-refractivity contribution in [1.82, 2.24) is 5.32 Å². The predicted octanol–water partition coefficient (Wildman–Crippen LogP) is 5.06. The minimum Gasteiger partial charge on any atom is -0.484 e. The Kier molecular flexibility index (Phi) is 6.61. The van der Waals surface area contributed by atoms with Crippen molar-refractivity contribution in [3.8, 4) is 5.75 Å². The third-order valence-corrected chi connectivity index (χ3v) is 6.61. The largest absolute Gasteiger partial charge is 0.484 e. The number of hydrogen-bond donors (Lipinski definition) is 1. The molecule has 1 fully saturated rings. The molecule has 0 unspecified atom stereocenters. The Hall–Kier alpha value is -2.49. The fraction of sp³-hybridized carbons (Fsp3) is 0.500. The van der Waals surface area contributed by atoms with Crippen LogP contribution in [0.15, 0.2) is 42.5 Å². The smallest absolute Gasteiger partial charge is 0.258 e. The first kappa shape index (κ1) is 20.8. The van der Waals surface area contributed by atoms with Crippen molar-refractivity contribution in [3.05, 3.63) is 59.2 Å². The number of anilines is 1. The van der Waals surface area contributed by atoms with Gasteiger partial charge in [-0.15, -0.1) is 0 Å². The predicted molar refractivity (Wildman–Crippen MR) is 122 cm³/mol. The van der Waals surface area contributed by atoms with Gasteiger partial charge in [-0.2, -0.15) is 0 Å². The number of fused-ring (bicyclic) bond motifs is 1. The SMILES string of the molecule is CC1CCN(c2ccc([C@H](C)NC(=O)COc3ccc4c(c3)CCCC4)cc2)CC1. The van der Waals surface area contributed by atoms with Crippen LogP contribution in [-0.4, -0.2) is 25.6 Å². The van der Waals surface area contributed by atoms with Crippen LogP contribution in [0.2, 0.25) is 0 Å². The van der Waals surface area contributed by atoms with Crippen molar-refractivity contribution in [2.45, 2.75) is 58.4 Å². The number of piperidine rings is 1. The molecule has 2 aliphatic rings. The molecule has 0 aromatic heterocycles. The molecule has 4 rings (SSSR count). The van der Waals surface area contributed by atoms with Crippen molar-refractivity contribution in [2.24, 2.45) is 5.92 Å². The zero-order chi connectivity index (χ0) is 20.9. The molecule has 1 aliphatic carbocycles. The number of rotatable bonds is 6. The molecule has 160 valence electrons. The molecule has 0 radical (unpaired) electrons. The Morgan fingerprint density at radius 3 is 2.50 bits per heavy atom. The summed E-state index contributed by atoms with van der Waals surface area (Å²) in [6.45, 7) is 6.67. The Morgan fingerprint density at radius 2 is 1.77 bits per heavy atom. The molecule has 0 bridgehead atoms. The topological polar surface area (TPSA) is 41.6 Å². The van der Waals surface area contributed by atoms with E-state index in [1.807, 2.05) is 13.0 Å². The van der Waals surface area contributed by atoms with E-state index in [1.165, 1.54) is 42.5 Å². The van der Waals surface area contributed by atoms with E-state index in [0.29, 0.717) is 0 Å². The van der Waals surface area contributed by atoms with Crippen LogP contribution in [-0.2, 0) is 17.6 Å². The number of carbonyl (C=O) groups excluding carboxylic acids is 1. The van der Waals surface area contributed by atoms with Crippen LogP contribution < -0.4 is 15.0 Å².